The van der Waals surface area contributed by atoms with Gasteiger partial charge in [-0.1, -0.05) is 25.1 Å². The lowest BCUT2D eigenvalue weighted by atomic mass is 10.0. The Morgan fingerprint density at radius 3 is 2.90 bits per heavy atom. The first-order valence-electron chi connectivity index (χ1n) is 7.45. The van der Waals surface area contributed by atoms with E-state index in [2.05, 4.69) is 53.3 Å². The van der Waals surface area contributed by atoms with Crippen LogP contribution in [0.5, 0.6) is 0 Å². The van der Waals surface area contributed by atoms with Gasteiger partial charge in [0.25, 0.3) is 0 Å². The van der Waals surface area contributed by atoms with Gasteiger partial charge in [-0.3, -0.25) is 4.68 Å². The van der Waals surface area contributed by atoms with E-state index in [1.807, 2.05) is 11.7 Å². The van der Waals surface area contributed by atoms with Gasteiger partial charge in [0.15, 0.2) is 0 Å². The quantitative estimate of drug-likeness (QED) is 0.747. The molecule has 110 valence electrons. The molecule has 1 unspecified atom stereocenters. The van der Waals surface area contributed by atoms with Crippen LogP contribution in [0.25, 0.3) is 10.9 Å². The molecule has 21 heavy (non-hydrogen) atoms. The highest BCUT2D eigenvalue weighted by Crippen LogP contribution is 2.25. The van der Waals surface area contributed by atoms with Crippen molar-refractivity contribution in [1.29, 1.82) is 0 Å². The number of thiophene rings is 1. The molecule has 2 aromatic heterocycles. The molecule has 0 aliphatic carbocycles. The maximum Gasteiger partial charge on any atom is 0.0722 e. The highest BCUT2D eigenvalue weighted by atomic mass is 32.1. The minimum Gasteiger partial charge on any atom is -0.310 e. The number of rotatable bonds is 6. The van der Waals surface area contributed by atoms with Gasteiger partial charge in [-0.2, -0.15) is 16.4 Å². The molecule has 0 radical (unpaired) electrons. The van der Waals surface area contributed by atoms with E-state index in [1.165, 1.54) is 22.2 Å². The van der Waals surface area contributed by atoms with Crippen molar-refractivity contribution in [2.75, 3.05) is 6.54 Å². The van der Waals surface area contributed by atoms with E-state index in [1.54, 1.807) is 11.3 Å². The Morgan fingerprint density at radius 2 is 2.14 bits per heavy atom. The molecule has 0 aliphatic heterocycles. The van der Waals surface area contributed by atoms with E-state index in [0.29, 0.717) is 6.04 Å². The Morgan fingerprint density at radius 1 is 1.29 bits per heavy atom. The second-order valence-electron chi connectivity index (χ2n) is 5.35. The van der Waals surface area contributed by atoms with Gasteiger partial charge < -0.3 is 5.32 Å². The first-order chi connectivity index (χ1) is 10.3. The van der Waals surface area contributed by atoms with Crippen molar-refractivity contribution in [2.45, 2.75) is 25.8 Å². The first-order valence-corrected chi connectivity index (χ1v) is 8.40. The third kappa shape index (κ3) is 3.01. The van der Waals surface area contributed by atoms with Crippen LogP contribution in [-0.2, 0) is 13.5 Å². The largest absolute Gasteiger partial charge is 0.310 e. The van der Waals surface area contributed by atoms with E-state index in [4.69, 9.17) is 5.10 Å². The highest BCUT2D eigenvalue weighted by Gasteiger charge is 2.16. The third-order valence-corrected chi connectivity index (χ3v) is 4.52. The van der Waals surface area contributed by atoms with Crippen LogP contribution in [0.1, 0.15) is 30.6 Å². The minimum atomic E-state index is 0.342. The molecule has 1 N–H and O–H groups in total. The number of nitrogens with zero attached hydrogens (tertiary/aromatic N) is 2. The van der Waals surface area contributed by atoms with Gasteiger partial charge in [0, 0.05) is 24.9 Å². The van der Waals surface area contributed by atoms with Crippen molar-refractivity contribution in [3.8, 4) is 0 Å². The van der Waals surface area contributed by atoms with Crippen molar-refractivity contribution >= 4 is 22.2 Å². The fourth-order valence-corrected chi connectivity index (χ4v) is 3.45. The summed E-state index contributed by atoms with van der Waals surface area (Å²) in [7, 11) is 2.02. The van der Waals surface area contributed by atoms with E-state index in [0.717, 1.165) is 19.4 Å². The number of hydrogen-bond acceptors (Lipinski definition) is 3. The zero-order valence-corrected chi connectivity index (χ0v) is 13.4. The summed E-state index contributed by atoms with van der Waals surface area (Å²) >= 11 is 1.76. The smallest absolute Gasteiger partial charge is 0.0722 e. The van der Waals surface area contributed by atoms with Gasteiger partial charge in [0.05, 0.1) is 11.2 Å². The Balaban J connectivity index is 1.90. The van der Waals surface area contributed by atoms with Crippen molar-refractivity contribution < 1.29 is 0 Å². The van der Waals surface area contributed by atoms with Crippen LogP contribution >= 0.6 is 11.3 Å². The van der Waals surface area contributed by atoms with Crippen LogP contribution < -0.4 is 5.32 Å². The number of fused-ring (bicyclic) bond motifs is 1. The molecule has 0 fully saturated rings. The lowest BCUT2D eigenvalue weighted by molar-refractivity contribution is 0.523. The SMILES string of the molecule is CCCNC(Cc1nn(C)c2ccccc12)c1ccsc1. The molecule has 1 atom stereocenters. The van der Waals surface area contributed by atoms with Gasteiger partial charge in [0.2, 0.25) is 0 Å². The predicted octanol–water partition coefficient (Wildman–Crippen LogP) is 3.92. The summed E-state index contributed by atoms with van der Waals surface area (Å²) in [6.07, 6.45) is 2.07. The number of hydrogen-bond donors (Lipinski definition) is 1. The summed E-state index contributed by atoms with van der Waals surface area (Å²) in [4.78, 5) is 0. The summed E-state index contributed by atoms with van der Waals surface area (Å²) in [6.45, 7) is 3.24. The summed E-state index contributed by atoms with van der Waals surface area (Å²) in [5, 5.41) is 14.0. The van der Waals surface area contributed by atoms with Gasteiger partial charge in [-0.05, 0) is 41.4 Å². The van der Waals surface area contributed by atoms with Crippen LogP contribution in [-0.4, -0.2) is 16.3 Å². The van der Waals surface area contributed by atoms with E-state index in [9.17, 15) is 0 Å². The Kier molecular flexibility index (Phi) is 4.36. The van der Waals surface area contributed by atoms with E-state index < -0.39 is 0 Å². The topological polar surface area (TPSA) is 29.9 Å². The lowest BCUT2D eigenvalue weighted by Gasteiger charge is -2.16. The van der Waals surface area contributed by atoms with Crippen LogP contribution in [0.15, 0.2) is 41.1 Å². The van der Waals surface area contributed by atoms with Crippen LogP contribution in [0, 0.1) is 0 Å². The minimum absolute atomic E-state index is 0.342. The molecule has 0 amide bonds. The van der Waals surface area contributed by atoms with Crippen LogP contribution in [0.3, 0.4) is 0 Å². The van der Waals surface area contributed by atoms with E-state index in [-0.39, 0.29) is 0 Å². The fraction of sp³-hybridized carbons (Fsp3) is 0.353. The zero-order chi connectivity index (χ0) is 14.7. The summed E-state index contributed by atoms with van der Waals surface area (Å²) in [6, 6.07) is 11.0. The average molecular weight is 299 g/mol. The second kappa shape index (κ2) is 6.41. The van der Waals surface area contributed by atoms with Gasteiger partial charge in [0.1, 0.15) is 0 Å². The number of benzene rings is 1. The highest BCUT2D eigenvalue weighted by molar-refractivity contribution is 7.07. The second-order valence-corrected chi connectivity index (χ2v) is 6.14. The third-order valence-electron chi connectivity index (χ3n) is 3.82. The number of aryl methyl sites for hydroxylation is 1. The first kappa shape index (κ1) is 14.3. The molecule has 3 rings (SSSR count). The fourth-order valence-electron chi connectivity index (χ4n) is 2.73. The Hall–Kier alpha value is -1.65. The molecule has 3 aromatic rings. The molecule has 4 heteroatoms. The van der Waals surface area contributed by atoms with E-state index >= 15 is 0 Å². The van der Waals surface area contributed by atoms with Crippen molar-refractivity contribution in [3.63, 3.8) is 0 Å². The predicted molar refractivity (Wildman–Crippen MR) is 89.8 cm³/mol. The summed E-state index contributed by atoms with van der Waals surface area (Å²) < 4.78 is 1.98. The maximum absolute atomic E-state index is 4.73. The normalized spacial score (nSPS) is 12.9. The van der Waals surface area contributed by atoms with Crippen LogP contribution in [0.4, 0.5) is 0 Å². The average Bonchev–Trinajstić information content (AvgIpc) is 3.13. The Labute approximate surface area is 129 Å². The molecular weight excluding hydrogens is 278 g/mol. The standard InChI is InChI=1S/C17H21N3S/c1-3-9-18-15(13-8-10-21-12-13)11-16-14-6-4-5-7-17(14)20(2)19-16/h4-8,10,12,15,18H,3,9,11H2,1-2H3. The summed E-state index contributed by atoms with van der Waals surface area (Å²) in [5.74, 6) is 0. The number of aromatic nitrogens is 2. The van der Waals surface area contributed by atoms with Gasteiger partial charge in [-0.15, -0.1) is 0 Å². The monoisotopic (exact) mass is 299 g/mol. The van der Waals surface area contributed by atoms with Gasteiger partial charge >= 0.3 is 0 Å². The molecular formula is C17H21N3S. The molecule has 0 saturated carbocycles. The van der Waals surface area contributed by atoms with Crippen LogP contribution in [0.2, 0.25) is 0 Å². The molecule has 3 nitrogen and oxygen atoms in total. The molecule has 0 saturated heterocycles. The molecule has 2 heterocycles. The molecule has 0 spiro atoms. The zero-order valence-electron chi connectivity index (χ0n) is 12.5. The molecule has 0 aliphatic rings. The summed E-state index contributed by atoms with van der Waals surface area (Å²) in [5.41, 5.74) is 3.74. The number of nitrogens with one attached hydrogen (secondary N) is 1. The lowest BCUT2D eigenvalue weighted by Crippen LogP contribution is -2.24. The van der Waals surface area contributed by atoms with Gasteiger partial charge in [-0.25, -0.2) is 0 Å². The van der Waals surface area contributed by atoms with Crippen molar-refractivity contribution in [2.24, 2.45) is 7.05 Å². The Bertz CT molecular complexity index is 700. The maximum atomic E-state index is 4.73. The van der Waals surface area contributed by atoms with Crippen molar-refractivity contribution in [1.82, 2.24) is 15.1 Å². The number of para-hydroxylation sites is 1. The molecule has 0 bridgehead atoms. The molecule has 1 aromatic carbocycles. The van der Waals surface area contributed by atoms with Crippen molar-refractivity contribution in [3.05, 3.63) is 52.3 Å².